The van der Waals surface area contributed by atoms with Gasteiger partial charge >= 0.3 is 6.18 Å². The van der Waals surface area contributed by atoms with Crippen LogP contribution in [0.5, 0.6) is 5.75 Å². The van der Waals surface area contributed by atoms with Gasteiger partial charge in [0.05, 0.1) is 17.0 Å². The van der Waals surface area contributed by atoms with Gasteiger partial charge in [-0.1, -0.05) is 29.8 Å². The maximum Gasteiger partial charge on any atom is 0.416 e. The molecule has 29 heavy (non-hydrogen) atoms. The van der Waals surface area contributed by atoms with Gasteiger partial charge in [0.15, 0.2) is 6.61 Å². The molecule has 0 aliphatic rings. The molecular weight excluding hydrogens is 411 g/mol. The zero-order valence-electron chi connectivity index (χ0n) is 15.2. The predicted octanol–water partition coefficient (Wildman–Crippen LogP) is 4.26. The lowest BCUT2D eigenvalue weighted by atomic mass is 10.2. The minimum absolute atomic E-state index is 0.00907. The number of carbonyl (C=O) groups is 2. The Bertz CT molecular complexity index is 917. The first-order valence-electron chi connectivity index (χ1n) is 8.31. The van der Waals surface area contributed by atoms with Crippen LogP contribution in [0.25, 0.3) is 0 Å². The topological polar surface area (TPSA) is 79.8 Å². The molecule has 0 bridgehead atoms. The molecular formula is C19H17ClF3N3O3. The Labute approximate surface area is 169 Å². The average Bonchev–Trinajstić information content (AvgIpc) is 2.65. The summed E-state index contributed by atoms with van der Waals surface area (Å²) in [5.41, 5.74) is 1.61. The smallest absolute Gasteiger partial charge is 0.416 e. The molecule has 0 spiro atoms. The molecule has 0 atom stereocenters. The van der Waals surface area contributed by atoms with Gasteiger partial charge in [-0.05, 0) is 37.3 Å². The fourth-order valence-corrected chi connectivity index (χ4v) is 2.34. The minimum Gasteiger partial charge on any atom is -0.482 e. The lowest BCUT2D eigenvalue weighted by molar-refractivity contribution is -0.137. The molecule has 2 aromatic rings. The quantitative estimate of drug-likeness (QED) is 0.512. The maximum atomic E-state index is 12.7. The molecule has 10 heteroatoms. The van der Waals surface area contributed by atoms with Crippen molar-refractivity contribution in [1.29, 1.82) is 0 Å². The first-order valence-corrected chi connectivity index (χ1v) is 8.69. The van der Waals surface area contributed by atoms with Crippen molar-refractivity contribution in [2.75, 3.05) is 11.9 Å². The van der Waals surface area contributed by atoms with Crippen LogP contribution in [0, 0.1) is 0 Å². The summed E-state index contributed by atoms with van der Waals surface area (Å²) in [4.78, 5) is 23.7. The zero-order valence-corrected chi connectivity index (χ0v) is 16.0. The second kappa shape index (κ2) is 9.92. The Balaban J connectivity index is 1.82. The zero-order chi connectivity index (χ0) is 21.4. The van der Waals surface area contributed by atoms with Crippen LogP contribution < -0.4 is 15.5 Å². The van der Waals surface area contributed by atoms with Gasteiger partial charge in [-0.2, -0.15) is 18.3 Å². The number of hydrogen-bond acceptors (Lipinski definition) is 4. The van der Waals surface area contributed by atoms with Crippen LogP contribution in [0.1, 0.15) is 18.9 Å². The van der Waals surface area contributed by atoms with E-state index in [9.17, 15) is 22.8 Å². The van der Waals surface area contributed by atoms with Gasteiger partial charge in [0.2, 0.25) is 5.91 Å². The van der Waals surface area contributed by atoms with Gasteiger partial charge in [0.25, 0.3) is 5.91 Å². The molecule has 0 fully saturated rings. The molecule has 0 aromatic heterocycles. The van der Waals surface area contributed by atoms with Crippen molar-refractivity contribution in [2.45, 2.75) is 19.5 Å². The lowest BCUT2D eigenvalue weighted by Gasteiger charge is -2.10. The summed E-state index contributed by atoms with van der Waals surface area (Å²) in [7, 11) is 0. The molecule has 0 saturated heterocycles. The lowest BCUT2D eigenvalue weighted by Crippen LogP contribution is -2.26. The number of amides is 2. The highest BCUT2D eigenvalue weighted by molar-refractivity contribution is 6.32. The molecule has 0 aliphatic heterocycles. The van der Waals surface area contributed by atoms with Crippen LogP contribution in [0.2, 0.25) is 5.02 Å². The maximum absolute atomic E-state index is 12.7. The molecule has 0 heterocycles. The summed E-state index contributed by atoms with van der Waals surface area (Å²) < 4.78 is 43.3. The van der Waals surface area contributed by atoms with E-state index in [2.05, 4.69) is 15.8 Å². The summed E-state index contributed by atoms with van der Waals surface area (Å²) in [5, 5.41) is 6.47. The number of anilines is 1. The van der Waals surface area contributed by atoms with E-state index in [1.54, 1.807) is 24.3 Å². The number of ether oxygens (including phenoxy) is 1. The molecule has 0 aliphatic carbocycles. The first kappa shape index (κ1) is 22.2. The first-order chi connectivity index (χ1) is 13.6. The van der Waals surface area contributed by atoms with E-state index in [0.717, 1.165) is 12.1 Å². The van der Waals surface area contributed by atoms with Crippen LogP contribution in [-0.4, -0.2) is 24.1 Å². The summed E-state index contributed by atoms with van der Waals surface area (Å²) >= 11 is 5.90. The van der Waals surface area contributed by atoms with Crippen LogP contribution in [0.3, 0.4) is 0 Å². The highest BCUT2D eigenvalue weighted by atomic mass is 35.5. The van der Waals surface area contributed by atoms with E-state index in [1.165, 1.54) is 19.1 Å². The van der Waals surface area contributed by atoms with Gasteiger partial charge < -0.3 is 10.1 Å². The van der Waals surface area contributed by atoms with Gasteiger partial charge in [-0.3, -0.25) is 9.59 Å². The van der Waals surface area contributed by atoms with Crippen molar-refractivity contribution >= 4 is 34.8 Å². The number of nitrogens with zero attached hydrogens (tertiary/aromatic N) is 1. The number of para-hydroxylation sites is 1. The van der Waals surface area contributed by atoms with Crippen molar-refractivity contribution < 1.29 is 27.5 Å². The molecule has 0 radical (unpaired) electrons. The van der Waals surface area contributed by atoms with Crippen LogP contribution in [0.15, 0.2) is 53.6 Å². The molecule has 0 unspecified atom stereocenters. The van der Waals surface area contributed by atoms with E-state index in [0.29, 0.717) is 10.8 Å². The number of nitrogens with one attached hydrogen (secondary N) is 2. The Morgan fingerprint density at radius 2 is 1.83 bits per heavy atom. The third-order valence-corrected chi connectivity index (χ3v) is 3.77. The number of carbonyl (C=O) groups excluding carboxylic acids is 2. The monoisotopic (exact) mass is 427 g/mol. The van der Waals surface area contributed by atoms with Gasteiger partial charge in [0.1, 0.15) is 5.75 Å². The summed E-state index contributed by atoms with van der Waals surface area (Å²) in [6.07, 6.45) is -4.73. The standard InChI is InChI=1S/C19H17ClF3N3O3/c1-12(25-26-18(28)11-29-16-8-3-2-7-15(16)20)9-17(27)24-14-6-4-5-13(10-14)19(21,22)23/h2-8,10H,9,11H2,1H3,(H,24,27)(H,26,28). The Hall–Kier alpha value is -3.07. The van der Waals surface area contributed by atoms with Gasteiger partial charge in [-0.15, -0.1) is 0 Å². The highest BCUT2D eigenvalue weighted by Gasteiger charge is 2.30. The fraction of sp³-hybridized carbons (Fsp3) is 0.211. The number of hydrazone groups is 1. The number of benzene rings is 2. The van der Waals surface area contributed by atoms with E-state index in [1.807, 2.05) is 0 Å². The molecule has 2 amide bonds. The SMILES string of the molecule is CC(CC(=O)Nc1cccc(C(F)(F)F)c1)=NNC(=O)COc1ccccc1Cl. The summed E-state index contributed by atoms with van der Waals surface area (Å²) in [6.45, 7) is 1.15. The fourth-order valence-electron chi connectivity index (χ4n) is 2.15. The van der Waals surface area contributed by atoms with Crippen molar-refractivity contribution in [3.8, 4) is 5.75 Å². The molecule has 6 nitrogen and oxygen atoms in total. The van der Waals surface area contributed by atoms with Crippen molar-refractivity contribution in [3.63, 3.8) is 0 Å². The molecule has 154 valence electrons. The summed E-state index contributed by atoms with van der Waals surface area (Å²) in [5.74, 6) is -0.805. The largest absolute Gasteiger partial charge is 0.482 e. The number of alkyl halides is 3. The van der Waals surface area contributed by atoms with E-state index >= 15 is 0 Å². The third-order valence-electron chi connectivity index (χ3n) is 3.46. The van der Waals surface area contributed by atoms with Gasteiger partial charge in [-0.25, -0.2) is 5.43 Å². The number of halogens is 4. The van der Waals surface area contributed by atoms with Crippen molar-refractivity contribution in [2.24, 2.45) is 5.10 Å². The molecule has 2 rings (SSSR count). The second-order valence-corrected chi connectivity index (χ2v) is 6.31. The van der Waals surface area contributed by atoms with E-state index in [4.69, 9.17) is 16.3 Å². The van der Waals surface area contributed by atoms with Crippen LogP contribution in [-0.2, 0) is 15.8 Å². The van der Waals surface area contributed by atoms with Crippen molar-refractivity contribution in [3.05, 3.63) is 59.1 Å². The average molecular weight is 428 g/mol. The van der Waals surface area contributed by atoms with Crippen molar-refractivity contribution in [1.82, 2.24) is 5.43 Å². The highest BCUT2D eigenvalue weighted by Crippen LogP contribution is 2.30. The Morgan fingerprint density at radius 1 is 1.10 bits per heavy atom. The van der Waals surface area contributed by atoms with Gasteiger partial charge in [0, 0.05) is 11.4 Å². The number of rotatable bonds is 7. The van der Waals surface area contributed by atoms with Crippen LogP contribution in [0.4, 0.5) is 18.9 Å². The molecule has 0 saturated carbocycles. The Morgan fingerprint density at radius 3 is 2.52 bits per heavy atom. The third kappa shape index (κ3) is 7.46. The normalized spacial score (nSPS) is 11.7. The number of hydrogen-bond donors (Lipinski definition) is 2. The van der Waals surface area contributed by atoms with Crippen LogP contribution >= 0.6 is 11.6 Å². The molecule has 2 aromatic carbocycles. The van der Waals surface area contributed by atoms with E-state index < -0.39 is 23.6 Å². The second-order valence-electron chi connectivity index (χ2n) is 5.90. The summed E-state index contributed by atoms with van der Waals surface area (Å²) in [6, 6.07) is 10.9. The Kier molecular flexibility index (Phi) is 7.60. The minimum atomic E-state index is -4.51. The van der Waals surface area contributed by atoms with E-state index in [-0.39, 0.29) is 24.4 Å². The predicted molar refractivity (Wildman–Crippen MR) is 103 cm³/mol. The molecule has 2 N–H and O–H groups in total.